The fourth-order valence-corrected chi connectivity index (χ4v) is 5.01. The summed E-state index contributed by atoms with van der Waals surface area (Å²) < 4.78 is 16.7. The minimum atomic E-state index is -0.845. The van der Waals surface area contributed by atoms with E-state index in [1.54, 1.807) is 30.3 Å². The molecule has 34 heavy (non-hydrogen) atoms. The number of aromatic hydroxyl groups is 1. The second-order valence-electron chi connectivity index (χ2n) is 8.97. The van der Waals surface area contributed by atoms with Crippen molar-refractivity contribution in [3.05, 3.63) is 58.7 Å². The van der Waals surface area contributed by atoms with Gasteiger partial charge in [0.05, 0.1) is 24.8 Å². The Morgan fingerprint density at radius 2 is 2.03 bits per heavy atom. The Morgan fingerprint density at radius 3 is 2.76 bits per heavy atom. The smallest absolute Gasteiger partial charge is 0.295 e. The maximum absolute atomic E-state index is 13.2. The molecule has 0 unspecified atom stereocenters. The van der Waals surface area contributed by atoms with E-state index in [2.05, 4.69) is 0 Å². The molecule has 0 spiro atoms. The van der Waals surface area contributed by atoms with Crippen LogP contribution in [0.4, 0.5) is 0 Å². The van der Waals surface area contributed by atoms with Gasteiger partial charge >= 0.3 is 0 Å². The first-order valence-electron chi connectivity index (χ1n) is 11.4. The van der Waals surface area contributed by atoms with E-state index < -0.39 is 17.7 Å². The van der Waals surface area contributed by atoms with Crippen molar-refractivity contribution in [3.63, 3.8) is 0 Å². The number of amides is 1. The van der Waals surface area contributed by atoms with Crippen LogP contribution in [0.5, 0.6) is 17.2 Å². The zero-order valence-corrected chi connectivity index (χ0v) is 19.1. The molecule has 5 rings (SSSR count). The van der Waals surface area contributed by atoms with E-state index in [1.807, 2.05) is 6.92 Å². The molecule has 3 aliphatic rings. The van der Waals surface area contributed by atoms with E-state index in [0.29, 0.717) is 24.2 Å². The third kappa shape index (κ3) is 3.77. The molecule has 8 heteroatoms. The van der Waals surface area contributed by atoms with Crippen molar-refractivity contribution in [2.45, 2.75) is 44.4 Å². The van der Waals surface area contributed by atoms with Crippen LogP contribution in [0.25, 0.3) is 5.76 Å². The standard InChI is InChI=1S/C26H27NO7/c1-14-10-17-11-16(6-8-20(17)34-14)24(29)22-23(15-5-7-19(28)21(12-15)32-2)27(26(31)25(22)30)13-18-4-3-9-33-18/h5-8,11-12,14,18,23,28-29H,3-4,9-10,13H2,1-2H3/t14-,18-,23-/m1/s1. The molecular formula is C26H27NO7. The molecule has 2 aromatic carbocycles. The Bertz CT molecular complexity index is 1180. The fraction of sp³-hybridized carbons (Fsp3) is 0.385. The van der Waals surface area contributed by atoms with E-state index in [0.717, 1.165) is 24.2 Å². The molecular weight excluding hydrogens is 438 g/mol. The molecule has 0 bridgehead atoms. The average molecular weight is 466 g/mol. The number of ketones is 1. The number of phenolic OH excluding ortho intramolecular Hbond substituents is 1. The van der Waals surface area contributed by atoms with Gasteiger partial charge in [-0.25, -0.2) is 0 Å². The van der Waals surface area contributed by atoms with Crippen LogP contribution >= 0.6 is 0 Å². The quantitative estimate of drug-likeness (QED) is 0.396. The molecule has 0 aliphatic carbocycles. The topological polar surface area (TPSA) is 106 Å². The summed E-state index contributed by atoms with van der Waals surface area (Å²) in [4.78, 5) is 27.8. The average Bonchev–Trinajstić information content (AvgIpc) is 3.53. The number of rotatable bonds is 5. The number of aliphatic hydroxyl groups is 1. The largest absolute Gasteiger partial charge is 0.507 e. The summed E-state index contributed by atoms with van der Waals surface area (Å²) in [6.07, 6.45) is 2.23. The highest BCUT2D eigenvalue weighted by molar-refractivity contribution is 6.46. The van der Waals surface area contributed by atoms with Crippen LogP contribution in [0.2, 0.25) is 0 Å². The number of phenols is 1. The van der Waals surface area contributed by atoms with Crippen LogP contribution in [-0.4, -0.2) is 59.3 Å². The Hall–Kier alpha value is -3.52. The number of Topliss-reactive ketones (excluding diaryl/α,β-unsaturated/α-hetero) is 1. The van der Waals surface area contributed by atoms with Crippen molar-refractivity contribution in [1.82, 2.24) is 4.90 Å². The van der Waals surface area contributed by atoms with E-state index in [9.17, 15) is 19.8 Å². The molecule has 2 aromatic rings. The van der Waals surface area contributed by atoms with Crippen molar-refractivity contribution in [3.8, 4) is 17.2 Å². The zero-order valence-electron chi connectivity index (χ0n) is 19.1. The maximum atomic E-state index is 13.2. The van der Waals surface area contributed by atoms with Gasteiger partial charge in [-0.3, -0.25) is 9.59 Å². The summed E-state index contributed by atoms with van der Waals surface area (Å²) >= 11 is 0. The molecule has 3 heterocycles. The predicted octanol–water partition coefficient (Wildman–Crippen LogP) is 3.32. The molecule has 178 valence electrons. The van der Waals surface area contributed by atoms with Crippen molar-refractivity contribution in [1.29, 1.82) is 0 Å². The van der Waals surface area contributed by atoms with Crippen molar-refractivity contribution >= 4 is 17.4 Å². The highest BCUT2D eigenvalue weighted by Gasteiger charge is 2.47. The summed E-state index contributed by atoms with van der Waals surface area (Å²) in [7, 11) is 1.43. The van der Waals surface area contributed by atoms with Gasteiger partial charge in [0.25, 0.3) is 11.7 Å². The second kappa shape index (κ2) is 8.68. The maximum Gasteiger partial charge on any atom is 0.295 e. The van der Waals surface area contributed by atoms with Crippen LogP contribution in [0, 0.1) is 0 Å². The number of likely N-dealkylation sites (tertiary alicyclic amines) is 1. The number of carbonyl (C=O) groups excluding carboxylic acids is 2. The number of ether oxygens (including phenoxy) is 3. The third-order valence-corrected chi connectivity index (χ3v) is 6.65. The van der Waals surface area contributed by atoms with Gasteiger partial charge < -0.3 is 29.3 Å². The minimum Gasteiger partial charge on any atom is -0.507 e. The van der Waals surface area contributed by atoms with Gasteiger partial charge in [0.1, 0.15) is 17.6 Å². The van der Waals surface area contributed by atoms with Crippen molar-refractivity contribution in [2.24, 2.45) is 0 Å². The highest BCUT2D eigenvalue weighted by atomic mass is 16.5. The number of carbonyl (C=O) groups is 2. The summed E-state index contributed by atoms with van der Waals surface area (Å²) in [6.45, 7) is 2.81. The summed E-state index contributed by atoms with van der Waals surface area (Å²) in [5.41, 5.74) is 1.93. The van der Waals surface area contributed by atoms with Gasteiger partial charge in [-0.2, -0.15) is 0 Å². The number of benzene rings is 2. The van der Waals surface area contributed by atoms with Gasteiger partial charge in [-0.05, 0) is 61.2 Å². The van der Waals surface area contributed by atoms with Gasteiger partial charge in [-0.15, -0.1) is 0 Å². The Morgan fingerprint density at radius 1 is 1.21 bits per heavy atom. The Kier molecular flexibility index (Phi) is 5.69. The third-order valence-electron chi connectivity index (χ3n) is 6.65. The molecule has 0 aromatic heterocycles. The molecule has 2 N–H and O–H groups in total. The predicted molar refractivity (Wildman–Crippen MR) is 123 cm³/mol. The zero-order chi connectivity index (χ0) is 24.0. The Labute approximate surface area is 197 Å². The molecule has 2 fully saturated rings. The molecule has 0 saturated carbocycles. The van der Waals surface area contributed by atoms with E-state index in [4.69, 9.17) is 14.2 Å². The number of aliphatic hydroxyl groups excluding tert-OH is 1. The van der Waals surface area contributed by atoms with Crippen molar-refractivity contribution in [2.75, 3.05) is 20.3 Å². The highest BCUT2D eigenvalue weighted by Crippen LogP contribution is 2.43. The van der Waals surface area contributed by atoms with Gasteiger partial charge in [0.2, 0.25) is 0 Å². The van der Waals surface area contributed by atoms with E-state index >= 15 is 0 Å². The van der Waals surface area contributed by atoms with Gasteiger partial charge in [0, 0.05) is 25.1 Å². The van der Waals surface area contributed by atoms with E-state index in [-0.39, 0.29) is 41.6 Å². The number of hydrogen-bond acceptors (Lipinski definition) is 7. The summed E-state index contributed by atoms with van der Waals surface area (Å²) in [5.74, 6) is -0.779. The SMILES string of the molecule is COc1cc([C@@H]2C(=C(O)c3ccc4c(c3)C[C@@H](C)O4)C(=O)C(=O)N2C[C@H]2CCCO2)ccc1O. The lowest BCUT2D eigenvalue weighted by Crippen LogP contribution is -2.36. The number of hydrogen-bond donors (Lipinski definition) is 2. The lowest BCUT2D eigenvalue weighted by Gasteiger charge is -2.27. The minimum absolute atomic E-state index is 0.00246. The van der Waals surface area contributed by atoms with Crippen LogP contribution in [0.15, 0.2) is 42.0 Å². The lowest BCUT2D eigenvalue weighted by atomic mass is 9.94. The molecule has 0 radical (unpaired) electrons. The lowest BCUT2D eigenvalue weighted by molar-refractivity contribution is -0.140. The number of nitrogens with zero attached hydrogens (tertiary/aromatic N) is 1. The van der Waals surface area contributed by atoms with Crippen LogP contribution in [0.3, 0.4) is 0 Å². The molecule has 8 nitrogen and oxygen atoms in total. The first-order valence-corrected chi connectivity index (χ1v) is 11.4. The monoisotopic (exact) mass is 465 g/mol. The normalized spacial score (nSPS) is 25.5. The van der Waals surface area contributed by atoms with Crippen LogP contribution in [-0.2, 0) is 20.7 Å². The second-order valence-corrected chi connectivity index (χ2v) is 8.97. The molecule has 1 amide bonds. The molecule has 3 aliphatic heterocycles. The van der Waals surface area contributed by atoms with Crippen molar-refractivity contribution < 1.29 is 34.0 Å². The van der Waals surface area contributed by atoms with Crippen LogP contribution < -0.4 is 9.47 Å². The molecule has 2 saturated heterocycles. The Balaban J connectivity index is 1.62. The first-order chi connectivity index (χ1) is 16.4. The summed E-state index contributed by atoms with van der Waals surface area (Å²) in [5, 5.41) is 21.4. The van der Waals surface area contributed by atoms with Gasteiger partial charge in [0.15, 0.2) is 11.5 Å². The van der Waals surface area contributed by atoms with Crippen LogP contribution in [0.1, 0.15) is 42.5 Å². The van der Waals surface area contributed by atoms with E-state index in [1.165, 1.54) is 18.1 Å². The first kappa shape index (κ1) is 22.3. The fourth-order valence-electron chi connectivity index (χ4n) is 5.01. The number of methoxy groups -OCH3 is 1. The summed E-state index contributed by atoms with van der Waals surface area (Å²) in [6, 6.07) is 9.08. The number of fused-ring (bicyclic) bond motifs is 1. The molecule has 3 atom stereocenters. The van der Waals surface area contributed by atoms with Gasteiger partial charge in [-0.1, -0.05) is 6.07 Å².